The van der Waals surface area contributed by atoms with E-state index in [2.05, 4.69) is 15.3 Å². The summed E-state index contributed by atoms with van der Waals surface area (Å²) in [5.41, 5.74) is 3.48. The van der Waals surface area contributed by atoms with Crippen LogP contribution in [0.15, 0.2) is 35.7 Å². The monoisotopic (exact) mass is 377 g/mol. The number of hydrogen-bond acceptors (Lipinski definition) is 4. The predicted molar refractivity (Wildman–Crippen MR) is 99.2 cm³/mol. The molecule has 0 unspecified atom stereocenters. The van der Waals surface area contributed by atoms with Crippen LogP contribution in [0.5, 0.6) is 0 Å². The molecule has 2 heterocycles. The summed E-state index contributed by atoms with van der Waals surface area (Å²) < 4.78 is 0. The van der Waals surface area contributed by atoms with E-state index in [0.717, 1.165) is 11.3 Å². The second-order valence-corrected chi connectivity index (χ2v) is 6.90. The third kappa shape index (κ3) is 3.59. The second kappa shape index (κ2) is 6.89. The van der Waals surface area contributed by atoms with Gasteiger partial charge in [-0.1, -0.05) is 23.2 Å². The van der Waals surface area contributed by atoms with Crippen LogP contribution in [0.3, 0.4) is 0 Å². The van der Waals surface area contributed by atoms with E-state index in [1.165, 1.54) is 11.3 Å². The Bertz CT molecular complexity index is 924. The Balaban J connectivity index is 1.83. The van der Waals surface area contributed by atoms with E-state index in [4.69, 9.17) is 23.2 Å². The van der Waals surface area contributed by atoms with Crippen LogP contribution in [0.4, 0.5) is 5.13 Å². The summed E-state index contributed by atoms with van der Waals surface area (Å²) in [6.45, 7) is 3.69. The van der Waals surface area contributed by atoms with Crippen molar-refractivity contribution < 1.29 is 4.79 Å². The van der Waals surface area contributed by atoms with Gasteiger partial charge >= 0.3 is 0 Å². The number of pyridine rings is 1. The lowest BCUT2D eigenvalue weighted by Gasteiger charge is -2.05. The highest BCUT2D eigenvalue weighted by molar-refractivity contribution is 7.14. The number of anilines is 1. The van der Waals surface area contributed by atoms with Gasteiger partial charge in [0.05, 0.1) is 22.0 Å². The van der Waals surface area contributed by atoms with Gasteiger partial charge in [-0.15, -0.1) is 11.3 Å². The van der Waals surface area contributed by atoms with Crippen molar-refractivity contribution in [1.29, 1.82) is 0 Å². The molecule has 0 aliphatic carbocycles. The van der Waals surface area contributed by atoms with Crippen molar-refractivity contribution >= 4 is 45.6 Å². The number of hydrogen-bond donors (Lipinski definition) is 1. The topological polar surface area (TPSA) is 54.9 Å². The molecule has 0 aliphatic rings. The Morgan fingerprint density at radius 3 is 2.67 bits per heavy atom. The quantitative estimate of drug-likeness (QED) is 0.666. The lowest BCUT2D eigenvalue weighted by molar-refractivity contribution is 0.102. The molecular formula is C17H13Cl2N3OS. The van der Waals surface area contributed by atoms with Crippen LogP contribution in [0.2, 0.25) is 10.0 Å². The van der Waals surface area contributed by atoms with Crippen molar-refractivity contribution in [3.8, 4) is 11.3 Å². The van der Waals surface area contributed by atoms with Crippen LogP contribution in [0.1, 0.15) is 21.7 Å². The molecule has 0 atom stereocenters. The minimum absolute atomic E-state index is 0.238. The van der Waals surface area contributed by atoms with Crippen molar-refractivity contribution in [2.45, 2.75) is 13.8 Å². The highest BCUT2D eigenvalue weighted by Crippen LogP contribution is 2.32. The van der Waals surface area contributed by atoms with Gasteiger partial charge in [0.15, 0.2) is 5.13 Å². The molecule has 1 amide bonds. The number of carbonyl (C=O) groups is 1. The van der Waals surface area contributed by atoms with Gasteiger partial charge in [-0.25, -0.2) is 4.98 Å². The van der Waals surface area contributed by atoms with E-state index in [9.17, 15) is 4.79 Å². The molecule has 24 heavy (non-hydrogen) atoms. The standard InChI is InChI=1S/C17H13Cl2N3OS/c1-9-3-5-12(10(2)20-9)16(23)22-17-21-15(8-24-17)13-7-11(18)4-6-14(13)19/h3-8H,1-2H3,(H,21,22,23). The minimum atomic E-state index is -0.238. The van der Waals surface area contributed by atoms with Gasteiger partial charge in [-0.05, 0) is 44.2 Å². The Kier molecular flexibility index (Phi) is 4.85. The van der Waals surface area contributed by atoms with Crippen LogP contribution >= 0.6 is 34.5 Å². The van der Waals surface area contributed by atoms with Gasteiger partial charge < -0.3 is 0 Å². The number of thiazole rings is 1. The molecule has 2 aromatic heterocycles. The summed E-state index contributed by atoms with van der Waals surface area (Å²) >= 11 is 13.5. The Labute approximate surface area is 153 Å². The number of amides is 1. The fraction of sp³-hybridized carbons (Fsp3) is 0.118. The van der Waals surface area contributed by atoms with E-state index < -0.39 is 0 Å². The van der Waals surface area contributed by atoms with Crippen molar-refractivity contribution in [3.63, 3.8) is 0 Å². The number of carbonyl (C=O) groups excluding carboxylic acids is 1. The molecule has 0 radical (unpaired) electrons. The number of aryl methyl sites for hydroxylation is 2. The highest BCUT2D eigenvalue weighted by atomic mass is 35.5. The summed E-state index contributed by atoms with van der Waals surface area (Å²) in [6, 6.07) is 8.75. The smallest absolute Gasteiger partial charge is 0.259 e. The molecule has 0 aliphatic heterocycles. The first-order chi connectivity index (χ1) is 11.4. The summed E-state index contributed by atoms with van der Waals surface area (Å²) in [4.78, 5) is 21.1. The molecule has 0 bridgehead atoms. The first kappa shape index (κ1) is 16.9. The van der Waals surface area contributed by atoms with Crippen LogP contribution in [-0.4, -0.2) is 15.9 Å². The van der Waals surface area contributed by atoms with E-state index in [1.807, 2.05) is 12.3 Å². The van der Waals surface area contributed by atoms with Crippen molar-refractivity contribution in [3.05, 3.63) is 62.7 Å². The SMILES string of the molecule is Cc1ccc(C(=O)Nc2nc(-c3cc(Cl)ccc3Cl)cs2)c(C)n1. The number of nitrogens with one attached hydrogen (secondary N) is 1. The maximum absolute atomic E-state index is 12.4. The normalized spacial score (nSPS) is 10.7. The highest BCUT2D eigenvalue weighted by Gasteiger charge is 2.14. The molecule has 0 saturated heterocycles. The molecule has 3 aromatic rings. The number of aromatic nitrogens is 2. The van der Waals surface area contributed by atoms with E-state index in [-0.39, 0.29) is 5.91 Å². The summed E-state index contributed by atoms with van der Waals surface area (Å²) in [6.07, 6.45) is 0. The molecule has 4 nitrogen and oxygen atoms in total. The van der Waals surface area contributed by atoms with Crippen molar-refractivity contribution in [1.82, 2.24) is 9.97 Å². The Morgan fingerprint density at radius 1 is 1.12 bits per heavy atom. The average molecular weight is 378 g/mol. The first-order valence-electron chi connectivity index (χ1n) is 7.10. The summed E-state index contributed by atoms with van der Waals surface area (Å²) in [5, 5.41) is 6.25. The van der Waals surface area contributed by atoms with Crippen LogP contribution < -0.4 is 5.32 Å². The number of benzene rings is 1. The fourth-order valence-corrected chi connectivity index (χ4v) is 3.33. The zero-order chi connectivity index (χ0) is 17.3. The number of rotatable bonds is 3. The van der Waals surface area contributed by atoms with Crippen LogP contribution in [0.25, 0.3) is 11.3 Å². The maximum Gasteiger partial charge on any atom is 0.259 e. The molecule has 0 fully saturated rings. The van der Waals surface area contributed by atoms with Gasteiger partial charge in [-0.2, -0.15) is 0 Å². The van der Waals surface area contributed by atoms with Gasteiger partial charge in [0.25, 0.3) is 5.91 Å². The summed E-state index contributed by atoms with van der Waals surface area (Å²) in [5.74, 6) is -0.238. The molecule has 1 aromatic carbocycles. The molecule has 7 heteroatoms. The average Bonchev–Trinajstić information content (AvgIpc) is 2.97. The molecule has 0 spiro atoms. The van der Waals surface area contributed by atoms with Gasteiger partial charge in [0.1, 0.15) is 0 Å². The molecule has 1 N–H and O–H groups in total. The van der Waals surface area contributed by atoms with Crippen molar-refractivity contribution in [2.75, 3.05) is 5.32 Å². The van der Waals surface area contributed by atoms with Gasteiger partial charge in [0, 0.05) is 21.7 Å². The zero-order valence-electron chi connectivity index (χ0n) is 12.9. The van der Waals surface area contributed by atoms with Gasteiger partial charge in [0.2, 0.25) is 0 Å². The Hall–Kier alpha value is -1.95. The van der Waals surface area contributed by atoms with E-state index in [1.54, 1.807) is 37.3 Å². The first-order valence-corrected chi connectivity index (χ1v) is 8.74. The lowest BCUT2D eigenvalue weighted by atomic mass is 10.2. The zero-order valence-corrected chi connectivity index (χ0v) is 15.3. The third-order valence-electron chi connectivity index (χ3n) is 3.40. The van der Waals surface area contributed by atoms with Crippen molar-refractivity contribution in [2.24, 2.45) is 0 Å². The third-order valence-corrected chi connectivity index (χ3v) is 4.72. The minimum Gasteiger partial charge on any atom is -0.298 e. The fourth-order valence-electron chi connectivity index (χ4n) is 2.24. The van der Waals surface area contributed by atoms with Gasteiger partial charge in [-0.3, -0.25) is 15.1 Å². The predicted octanol–water partition coefficient (Wildman–Crippen LogP) is 5.38. The molecule has 122 valence electrons. The molecule has 3 rings (SSSR count). The molecule has 0 saturated carbocycles. The van der Waals surface area contributed by atoms with Crippen LogP contribution in [0, 0.1) is 13.8 Å². The lowest BCUT2D eigenvalue weighted by Crippen LogP contribution is -2.14. The van der Waals surface area contributed by atoms with E-state index >= 15 is 0 Å². The number of halogens is 2. The second-order valence-electron chi connectivity index (χ2n) is 5.20. The van der Waals surface area contributed by atoms with Crippen LogP contribution in [-0.2, 0) is 0 Å². The van der Waals surface area contributed by atoms with E-state index in [0.29, 0.717) is 32.1 Å². The number of nitrogens with zero attached hydrogens (tertiary/aromatic N) is 2. The Morgan fingerprint density at radius 2 is 1.92 bits per heavy atom. The molecular weight excluding hydrogens is 365 g/mol. The summed E-state index contributed by atoms with van der Waals surface area (Å²) in [7, 11) is 0. The largest absolute Gasteiger partial charge is 0.298 e. The maximum atomic E-state index is 12.4.